The highest BCUT2D eigenvalue weighted by atomic mass is 32.2. The van der Waals surface area contributed by atoms with Crippen LogP contribution in [0.4, 0.5) is 20.6 Å². The number of carbonyl (C=O) groups is 2. The molecule has 27 heavy (non-hydrogen) atoms. The summed E-state index contributed by atoms with van der Waals surface area (Å²) < 4.78 is 21.9. The van der Waals surface area contributed by atoms with E-state index in [1.165, 1.54) is 11.0 Å². The molecule has 0 spiro atoms. The smallest absolute Gasteiger partial charge is 0.414 e. The van der Waals surface area contributed by atoms with Crippen molar-refractivity contribution in [2.24, 2.45) is 5.73 Å². The summed E-state index contributed by atoms with van der Waals surface area (Å²) in [4.78, 5) is 26.1. The summed E-state index contributed by atoms with van der Waals surface area (Å²) in [5, 5.41) is 8.92. The zero-order chi connectivity index (χ0) is 19.6. The molecule has 0 aliphatic carbocycles. The van der Waals surface area contributed by atoms with E-state index in [1.54, 1.807) is 12.1 Å². The number of nitrogens with zero attached hydrogens (tertiary/aromatic N) is 3. The number of amides is 1. The number of carboxylic acids is 1. The minimum Gasteiger partial charge on any atom is -0.480 e. The third kappa shape index (κ3) is 4.38. The third-order valence-corrected chi connectivity index (χ3v) is 6.64. The van der Waals surface area contributed by atoms with Crippen molar-refractivity contribution in [3.8, 4) is 0 Å². The molecule has 3 N–H and O–H groups in total. The standard InChI is InChI=1S/C17H23FN4O4S/c1-27(11-16(23)24)21-6-4-20(5-7-21)15-3-2-12(8-14(15)18)22-10-13(9-19)26-17(22)25/h2-3,8,13H,4-7,9-11,19H2,1H3/p+1/t13-,27?/m0/s1. The summed E-state index contributed by atoms with van der Waals surface area (Å²) in [5.74, 6) is -1.08. The van der Waals surface area contributed by atoms with Crippen molar-refractivity contribution in [3.05, 3.63) is 24.0 Å². The first-order chi connectivity index (χ1) is 12.9. The van der Waals surface area contributed by atoms with Crippen LogP contribution in [0, 0.1) is 5.82 Å². The number of hydrogen-bond donors (Lipinski definition) is 2. The molecule has 2 fully saturated rings. The van der Waals surface area contributed by atoms with E-state index in [4.69, 9.17) is 15.6 Å². The summed E-state index contributed by atoms with van der Waals surface area (Å²) >= 11 is 0. The van der Waals surface area contributed by atoms with E-state index >= 15 is 0 Å². The molecule has 1 aromatic rings. The number of cyclic esters (lactones) is 1. The van der Waals surface area contributed by atoms with Crippen LogP contribution < -0.4 is 15.5 Å². The highest BCUT2D eigenvalue weighted by Crippen LogP contribution is 2.28. The Labute approximate surface area is 159 Å². The number of benzene rings is 1. The number of nitrogens with two attached hydrogens (primary N) is 1. The zero-order valence-electron chi connectivity index (χ0n) is 15.1. The molecule has 2 aliphatic heterocycles. The molecule has 8 nitrogen and oxygen atoms in total. The molecule has 2 heterocycles. The Hall–Kier alpha value is -2.20. The molecular weight excluding hydrogens is 375 g/mol. The second-order valence-corrected chi connectivity index (χ2v) is 8.55. The third-order valence-electron chi connectivity index (χ3n) is 4.73. The van der Waals surface area contributed by atoms with Gasteiger partial charge in [-0.3, -0.25) is 9.69 Å². The minimum atomic E-state index is -0.804. The molecule has 148 valence electrons. The zero-order valence-corrected chi connectivity index (χ0v) is 16.0. The topological polar surface area (TPSA) is 99.1 Å². The fourth-order valence-corrected chi connectivity index (χ4v) is 4.61. The van der Waals surface area contributed by atoms with Gasteiger partial charge in [0.05, 0.1) is 31.0 Å². The fourth-order valence-electron chi connectivity index (χ4n) is 3.29. The van der Waals surface area contributed by atoms with E-state index in [1.807, 2.05) is 11.2 Å². The molecule has 0 saturated carbocycles. The van der Waals surface area contributed by atoms with E-state index in [0.717, 1.165) is 0 Å². The number of carboxylic acid groups (broad SMARTS) is 1. The maximum atomic E-state index is 14.7. The van der Waals surface area contributed by atoms with E-state index in [2.05, 4.69) is 3.95 Å². The second-order valence-electron chi connectivity index (χ2n) is 6.54. The van der Waals surface area contributed by atoms with Gasteiger partial charge in [-0.2, -0.15) is 0 Å². The number of ether oxygens (including phenoxy) is 1. The molecule has 2 saturated heterocycles. The average molecular weight is 399 g/mol. The van der Waals surface area contributed by atoms with Gasteiger partial charge in [0.25, 0.3) is 0 Å². The van der Waals surface area contributed by atoms with Crippen molar-refractivity contribution in [1.82, 2.24) is 0 Å². The number of piperazine rings is 1. The summed E-state index contributed by atoms with van der Waals surface area (Å²) in [6.45, 7) is 3.15. The van der Waals surface area contributed by atoms with E-state index in [0.29, 0.717) is 44.1 Å². The van der Waals surface area contributed by atoms with Crippen molar-refractivity contribution in [3.63, 3.8) is 0 Å². The SMILES string of the molecule is CS(CC(=O)O)=[N+]1CCN(c2ccc(N3C[C@H](CN)OC3=O)cc2F)CC1. The summed E-state index contributed by atoms with van der Waals surface area (Å²) in [6, 6.07) is 4.72. The van der Waals surface area contributed by atoms with Crippen LogP contribution in [0.1, 0.15) is 0 Å². The van der Waals surface area contributed by atoms with Crippen LogP contribution in [0.3, 0.4) is 0 Å². The number of halogens is 1. The van der Waals surface area contributed by atoms with Crippen LogP contribution in [0.5, 0.6) is 0 Å². The lowest BCUT2D eigenvalue weighted by atomic mass is 10.2. The van der Waals surface area contributed by atoms with Gasteiger partial charge in [-0.15, -0.1) is 0 Å². The Morgan fingerprint density at radius 1 is 1.44 bits per heavy atom. The molecule has 1 aromatic carbocycles. The van der Waals surface area contributed by atoms with Crippen molar-refractivity contribution in [1.29, 1.82) is 0 Å². The predicted octanol–water partition coefficient (Wildman–Crippen LogP) is 0.458. The lowest BCUT2D eigenvalue weighted by Gasteiger charge is -2.28. The van der Waals surface area contributed by atoms with Gasteiger partial charge in [0, 0.05) is 23.5 Å². The Kier molecular flexibility index (Phi) is 5.95. The second kappa shape index (κ2) is 8.22. The van der Waals surface area contributed by atoms with Crippen molar-refractivity contribution in [2.75, 3.05) is 61.1 Å². The largest absolute Gasteiger partial charge is 0.480 e. The van der Waals surface area contributed by atoms with E-state index in [-0.39, 0.29) is 29.1 Å². The number of carbonyl (C=O) groups excluding carboxylic acids is 1. The van der Waals surface area contributed by atoms with Gasteiger partial charge in [0.15, 0.2) is 13.1 Å². The summed E-state index contributed by atoms with van der Waals surface area (Å²) in [5.41, 5.74) is 6.46. The first kappa shape index (κ1) is 19.6. The highest BCUT2D eigenvalue weighted by Gasteiger charge is 2.32. The van der Waals surface area contributed by atoms with Gasteiger partial charge in [0.2, 0.25) is 0 Å². The maximum Gasteiger partial charge on any atom is 0.414 e. The number of aliphatic carboxylic acids is 1. The molecular formula is C17H24FN4O4S+. The van der Waals surface area contributed by atoms with E-state index in [9.17, 15) is 14.0 Å². The van der Waals surface area contributed by atoms with Crippen LogP contribution in [-0.4, -0.2) is 78.5 Å². The summed E-state index contributed by atoms with van der Waals surface area (Å²) in [7, 11) is -0.332. The molecule has 0 bridgehead atoms. The Morgan fingerprint density at radius 3 is 2.70 bits per heavy atom. The molecule has 1 unspecified atom stereocenters. The molecule has 2 atom stereocenters. The van der Waals surface area contributed by atoms with Gasteiger partial charge in [-0.1, -0.05) is 0 Å². The van der Waals surface area contributed by atoms with Gasteiger partial charge < -0.3 is 20.5 Å². The van der Waals surface area contributed by atoms with Crippen molar-refractivity contribution >= 4 is 34.1 Å². The van der Waals surface area contributed by atoms with Gasteiger partial charge in [0.1, 0.15) is 17.7 Å². The Morgan fingerprint density at radius 2 is 2.15 bits per heavy atom. The molecule has 0 aromatic heterocycles. The molecule has 3 rings (SSSR count). The van der Waals surface area contributed by atoms with Crippen LogP contribution in [0.15, 0.2) is 18.2 Å². The lowest BCUT2D eigenvalue weighted by Crippen LogP contribution is -2.43. The lowest BCUT2D eigenvalue weighted by molar-refractivity contribution is -0.504. The van der Waals surface area contributed by atoms with Crippen LogP contribution >= 0.6 is 0 Å². The summed E-state index contributed by atoms with van der Waals surface area (Å²) in [6.07, 6.45) is 1.03. The van der Waals surface area contributed by atoms with Crippen LogP contribution in [0.2, 0.25) is 0 Å². The number of rotatable bonds is 5. The molecule has 2 aliphatic rings. The quantitative estimate of drug-likeness (QED) is 0.698. The normalized spacial score (nSPS) is 21.4. The maximum absolute atomic E-state index is 14.7. The number of hydrogen-bond acceptors (Lipinski definition) is 5. The fraction of sp³-hybridized carbons (Fsp3) is 0.529. The van der Waals surface area contributed by atoms with Crippen LogP contribution in [-0.2, 0) is 20.2 Å². The Bertz CT molecular complexity index is 778. The predicted molar refractivity (Wildman–Crippen MR) is 101 cm³/mol. The van der Waals surface area contributed by atoms with Crippen molar-refractivity contribution in [2.45, 2.75) is 6.10 Å². The molecule has 10 heteroatoms. The highest BCUT2D eigenvalue weighted by molar-refractivity contribution is 7.84. The van der Waals surface area contributed by atoms with Crippen LogP contribution in [0.25, 0.3) is 0 Å². The number of anilines is 2. The van der Waals surface area contributed by atoms with Gasteiger partial charge in [-0.05, 0) is 18.2 Å². The minimum absolute atomic E-state index is 0.124. The van der Waals surface area contributed by atoms with Crippen molar-refractivity contribution < 1.29 is 27.8 Å². The first-order valence-corrected chi connectivity index (χ1v) is 10.5. The first-order valence-electron chi connectivity index (χ1n) is 8.71. The average Bonchev–Trinajstić information content (AvgIpc) is 3.02. The van der Waals surface area contributed by atoms with Gasteiger partial charge in [-0.25, -0.2) is 13.1 Å². The van der Waals surface area contributed by atoms with E-state index < -0.39 is 17.9 Å². The Balaban J connectivity index is 1.69. The molecule has 0 radical (unpaired) electrons. The monoisotopic (exact) mass is 399 g/mol. The van der Waals surface area contributed by atoms with Gasteiger partial charge >= 0.3 is 12.1 Å². The molecule has 1 amide bonds.